The van der Waals surface area contributed by atoms with Gasteiger partial charge in [0.1, 0.15) is 5.39 Å². The Morgan fingerprint density at radius 2 is 2.45 bits per heavy atom. The fourth-order valence-corrected chi connectivity index (χ4v) is 1.86. The molecule has 0 fully saturated rings. The van der Waals surface area contributed by atoms with Crippen LogP contribution in [0.2, 0.25) is 0 Å². The summed E-state index contributed by atoms with van der Waals surface area (Å²) in [7, 11) is 0. The molecule has 56 valence electrons. The van der Waals surface area contributed by atoms with Crippen LogP contribution in [0, 0.1) is 6.92 Å². The van der Waals surface area contributed by atoms with E-state index in [1.54, 1.807) is 11.3 Å². The summed E-state index contributed by atoms with van der Waals surface area (Å²) >= 11 is 1.54. The van der Waals surface area contributed by atoms with E-state index in [2.05, 4.69) is 9.97 Å². The molecule has 0 atom stereocenters. The molecule has 0 bridgehead atoms. The first kappa shape index (κ1) is 6.54. The van der Waals surface area contributed by atoms with Crippen molar-refractivity contribution in [3.05, 3.63) is 27.6 Å². The smallest absolute Gasteiger partial charge is 0.241 e. The summed E-state index contributed by atoms with van der Waals surface area (Å²) in [5.74, 6) is 0.796. The van der Waals surface area contributed by atoms with Crippen molar-refractivity contribution in [2.24, 2.45) is 0 Å². The lowest BCUT2D eigenvalue weighted by atomic mass is 10.4. The van der Waals surface area contributed by atoms with Gasteiger partial charge in [0.25, 0.3) is 5.82 Å². The second kappa shape index (κ2) is 2.17. The van der Waals surface area contributed by atoms with Crippen LogP contribution < -0.4 is 10.5 Å². The average molecular weight is 167 g/mol. The van der Waals surface area contributed by atoms with Gasteiger partial charge in [-0.3, -0.25) is 0 Å². The lowest BCUT2D eigenvalue weighted by Gasteiger charge is -1.83. The van der Waals surface area contributed by atoms with Gasteiger partial charge in [0.05, 0.1) is 0 Å². The second-order valence-electron chi connectivity index (χ2n) is 2.37. The summed E-state index contributed by atoms with van der Waals surface area (Å²) in [6.07, 6.45) is 0. The van der Waals surface area contributed by atoms with Crippen LogP contribution in [-0.4, -0.2) is 4.98 Å². The quantitative estimate of drug-likeness (QED) is 0.617. The molecule has 0 amide bonds. The van der Waals surface area contributed by atoms with E-state index in [9.17, 15) is 4.79 Å². The van der Waals surface area contributed by atoms with Gasteiger partial charge >= 0.3 is 5.56 Å². The maximum absolute atomic E-state index is 11.2. The predicted octanol–water partition coefficient (Wildman–Crippen LogP) is 0.712. The zero-order valence-electron chi connectivity index (χ0n) is 5.97. The maximum Gasteiger partial charge on any atom is 0.343 e. The van der Waals surface area contributed by atoms with Crippen LogP contribution in [0.1, 0.15) is 5.82 Å². The Hall–Kier alpha value is -1.16. The number of aryl methyl sites for hydroxylation is 1. The van der Waals surface area contributed by atoms with Gasteiger partial charge in [-0.1, -0.05) is 0 Å². The van der Waals surface area contributed by atoms with Gasteiger partial charge in [0.15, 0.2) is 4.83 Å². The molecule has 0 aliphatic heterocycles. The van der Waals surface area contributed by atoms with Gasteiger partial charge in [-0.2, -0.15) is 0 Å². The van der Waals surface area contributed by atoms with Crippen LogP contribution in [0.4, 0.5) is 0 Å². The zero-order chi connectivity index (χ0) is 7.84. The number of aromatic amines is 2. The highest BCUT2D eigenvalue weighted by atomic mass is 32.1. The molecule has 0 saturated heterocycles. The highest BCUT2D eigenvalue weighted by molar-refractivity contribution is 7.16. The Labute approximate surface area is 66.7 Å². The highest BCUT2D eigenvalue weighted by Crippen LogP contribution is 2.10. The number of hydrogen-bond acceptors (Lipinski definition) is 2. The van der Waals surface area contributed by atoms with Gasteiger partial charge in [-0.25, -0.2) is 14.8 Å². The van der Waals surface area contributed by atoms with Gasteiger partial charge in [0, 0.05) is 6.92 Å². The van der Waals surface area contributed by atoms with E-state index in [1.165, 1.54) is 0 Å². The third-order valence-electron chi connectivity index (χ3n) is 1.51. The molecule has 2 aromatic heterocycles. The summed E-state index contributed by atoms with van der Waals surface area (Å²) in [5.41, 5.74) is -0.0162. The number of hydrogen-bond donors (Lipinski definition) is 1. The van der Waals surface area contributed by atoms with Crippen molar-refractivity contribution in [3.63, 3.8) is 0 Å². The van der Waals surface area contributed by atoms with E-state index in [-0.39, 0.29) is 5.56 Å². The third-order valence-corrected chi connectivity index (χ3v) is 2.34. The van der Waals surface area contributed by atoms with E-state index in [0.717, 1.165) is 16.0 Å². The zero-order valence-corrected chi connectivity index (χ0v) is 6.79. The molecule has 0 aliphatic rings. The number of nitrogens with one attached hydrogen (secondary N) is 2. The maximum atomic E-state index is 11.2. The van der Waals surface area contributed by atoms with E-state index >= 15 is 0 Å². The highest BCUT2D eigenvalue weighted by Gasteiger charge is 2.06. The summed E-state index contributed by atoms with van der Waals surface area (Å²) in [6, 6.07) is 1.81. The third kappa shape index (κ3) is 0.952. The van der Waals surface area contributed by atoms with Crippen LogP contribution in [-0.2, 0) is 0 Å². The molecule has 2 N–H and O–H groups in total. The Bertz CT molecular complexity index is 443. The van der Waals surface area contributed by atoms with Gasteiger partial charge in [-0.15, -0.1) is 11.3 Å². The molecular formula is C7H7N2OS+. The fourth-order valence-electron chi connectivity index (χ4n) is 1.02. The Morgan fingerprint density at radius 3 is 3.27 bits per heavy atom. The molecule has 0 radical (unpaired) electrons. The van der Waals surface area contributed by atoms with Crippen molar-refractivity contribution >= 4 is 21.6 Å². The molecule has 0 unspecified atom stereocenters. The minimum Gasteiger partial charge on any atom is -0.241 e. The Morgan fingerprint density at radius 1 is 1.64 bits per heavy atom. The Balaban J connectivity index is 3.02. The van der Waals surface area contributed by atoms with E-state index in [1.807, 2.05) is 18.4 Å². The van der Waals surface area contributed by atoms with Crippen molar-refractivity contribution in [3.8, 4) is 0 Å². The first-order chi connectivity index (χ1) is 5.27. The van der Waals surface area contributed by atoms with Crippen molar-refractivity contribution in [2.45, 2.75) is 6.92 Å². The Kier molecular flexibility index (Phi) is 1.29. The van der Waals surface area contributed by atoms with Crippen LogP contribution in [0.15, 0.2) is 16.2 Å². The molecule has 2 rings (SSSR count). The molecule has 0 aliphatic carbocycles. The first-order valence-electron chi connectivity index (χ1n) is 3.27. The second-order valence-corrected chi connectivity index (χ2v) is 3.28. The van der Waals surface area contributed by atoms with Gasteiger partial charge < -0.3 is 0 Å². The molecule has 2 aromatic rings. The van der Waals surface area contributed by atoms with E-state index in [0.29, 0.717) is 0 Å². The molecule has 0 saturated carbocycles. The van der Waals surface area contributed by atoms with Crippen molar-refractivity contribution < 1.29 is 4.98 Å². The fraction of sp³-hybridized carbons (Fsp3) is 0.143. The van der Waals surface area contributed by atoms with Crippen molar-refractivity contribution in [2.75, 3.05) is 0 Å². The predicted molar refractivity (Wildman–Crippen MR) is 43.7 cm³/mol. The molecule has 2 heterocycles. The van der Waals surface area contributed by atoms with Crippen LogP contribution >= 0.6 is 11.3 Å². The molecule has 0 spiro atoms. The normalized spacial score (nSPS) is 10.6. The van der Waals surface area contributed by atoms with E-state index in [4.69, 9.17) is 0 Å². The standard InChI is InChI=1S/C7H6N2OS/c1-4-8-6(10)5-2-3-11-7(5)9-4/h2-3H,1H3,(H,8,9,10)/p+1. The number of thiophene rings is 1. The van der Waals surface area contributed by atoms with Crippen LogP contribution in [0.3, 0.4) is 0 Å². The number of aromatic nitrogens is 2. The minimum atomic E-state index is -0.0162. The van der Waals surface area contributed by atoms with Crippen LogP contribution in [0.25, 0.3) is 10.2 Å². The molecule has 11 heavy (non-hydrogen) atoms. The summed E-state index contributed by atoms with van der Waals surface area (Å²) < 4.78 is 0. The van der Waals surface area contributed by atoms with Crippen molar-refractivity contribution in [1.29, 1.82) is 0 Å². The number of fused-ring (bicyclic) bond motifs is 1. The molecular weight excluding hydrogens is 160 g/mol. The minimum absolute atomic E-state index is 0.0162. The number of H-pyrrole nitrogens is 2. The van der Waals surface area contributed by atoms with Gasteiger partial charge in [0.2, 0.25) is 0 Å². The van der Waals surface area contributed by atoms with Crippen LogP contribution in [0.5, 0.6) is 0 Å². The first-order valence-corrected chi connectivity index (χ1v) is 4.15. The van der Waals surface area contributed by atoms with Gasteiger partial charge in [-0.05, 0) is 11.4 Å². The van der Waals surface area contributed by atoms with E-state index < -0.39 is 0 Å². The lowest BCUT2D eigenvalue weighted by Crippen LogP contribution is -2.18. The summed E-state index contributed by atoms with van der Waals surface area (Å²) in [5, 5.41) is 2.64. The molecule has 3 nitrogen and oxygen atoms in total. The lowest BCUT2D eigenvalue weighted by molar-refractivity contribution is -0.357. The molecule has 4 heteroatoms. The molecule has 0 aromatic carbocycles. The van der Waals surface area contributed by atoms with Crippen molar-refractivity contribution in [1.82, 2.24) is 4.98 Å². The average Bonchev–Trinajstić information content (AvgIpc) is 2.34. The monoisotopic (exact) mass is 167 g/mol. The SMILES string of the molecule is Cc1[nH]c(=O)c2ccsc2[nH+]1. The summed E-state index contributed by atoms with van der Waals surface area (Å²) in [6.45, 7) is 1.83. The summed E-state index contributed by atoms with van der Waals surface area (Å²) in [4.78, 5) is 17.9. The largest absolute Gasteiger partial charge is 0.343 e. The topological polar surface area (TPSA) is 47.0 Å². The number of rotatable bonds is 0.